The van der Waals surface area contributed by atoms with Gasteiger partial charge in [-0.1, -0.05) is 12.1 Å². The number of nitrogens with zero attached hydrogens (tertiary/aromatic N) is 1. The van der Waals surface area contributed by atoms with Crippen LogP contribution in [0.1, 0.15) is 43.4 Å². The first-order valence-corrected chi connectivity index (χ1v) is 9.79. The number of carbonyl (C=O) groups is 1. The predicted molar refractivity (Wildman–Crippen MR) is 104 cm³/mol. The van der Waals surface area contributed by atoms with E-state index in [0.29, 0.717) is 38.6 Å². The normalized spacial score (nSPS) is 14.4. The van der Waals surface area contributed by atoms with Crippen molar-refractivity contribution in [1.82, 2.24) is 4.90 Å². The second-order valence-electron chi connectivity index (χ2n) is 7.06. The van der Waals surface area contributed by atoms with Crippen molar-refractivity contribution >= 4 is 5.91 Å². The van der Waals surface area contributed by atoms with Gasteiger partial charge in [0.25, 0.3) is 0 Å². The highest BCUT2D eigenvalue weighted by atomic mass is 16.5. The predicted octanol–water partition coefficient (Wildman–Crippen LogP) is 4.21. The van der Waals surface area contributed by atoms with Gasteiger partial charge in [0, 0.05) is 20.1 Å². The molecule has 0 radical (unpaired) electrons. The minimum atomic E-state index is 0.102. The van der Waals surface area contributed by atoms with E-state index < -0.39 is 0 Å². The van der Waals surface area contributed by atoms with E-state index in [1.54, 1.807) is 18.3 Å². The number of hydrogen-bond donors (Lipinski definition) is 0. The largest absolute Gasteiger partial charge is 0.490 e. The number of rotatable bonds is 10. The SMILES string of the molecule is COCCN(Cc1ccco1)C(=O)CCc1cccc(OC2CCCC2)c1. The van der Waals surface area contributed by atoms with Crippen molar-refractivity contribution in [3.63, 3.8) is 0 Å². The quantitative estimate of drug-likeness (QED) is 0.628. The molecule has 5 heteroatoms. The molecule has 1 aromatic carbocycles. The van der Waals surface area contributed by atoms with Crippen molar-refractivity contribution in [1.29, 1.82) is 0 Å². The molecule has 0 aliphatic heterocycles. The lowest BCUT2D eigenvalue weighted by atomic mass is 10.1. The zero-order chi connectivity index (χ0) is 18.9. The summed E-state index contributed by atoms with van der Waals surface area (Å²) in [4.78, 5) is 14.5. The van der Waals surface area contributed by atoms with Crippen LogP contribution in [0.5, 0.6) is 5.75 Å². The summed E-state index contributed by atoms with van der Waals surface area (Å²) in [5, 5.41) is 0. The fourth-order valence-corrected chi connectivity index (χ4v) is 3.47. The van der Waals surface area contributed by atoms with Crippen LogP contribution in [0.25, 0.3) is 0 Å². The molecular weight excluding hydrogens is 342 g/mol. The van der Waals surface area contributed by atoms with E-state index in [1.165, 1.54) is 12.8 Å². The average molecular weight is 371 g/mol. The van der Waals surface area contributed by atoms with Crippen molar-refractivity contribution in [3.8, 4) is 5.75 Å². The first-order valence-electron chi connectivity index (χ1n) is 9.79. The number of hydrogen-bond acceptors (Lipinski definition) is 4. The number of methoxy groups -OCH3 is 1. The van der Waals surface area contributed by atoms with Crippen LogP contribution in [0, 0.1) is 0 Å². The average Bonchev–Trinajstić information content (AvgIpc) is 3.37. The molecule has 1 saturated carbocycles. The van der Waals surface area contributed by atoms with Gasteiger partial charge in [0.15, 0.2) is 0 Å². The third-order valence-corrected chi connectivity index (χ3v) is 4.98. The number of furan rings is 1. The van der Waals surface area contributed by atoms with Gasteiger partial charge in [0.2, 0.25) is 5.91 Å². The van der Waals surface area contributed by atoms with E-state index in [4.69, 9.17) is 13.9 Å². The Bertz CT molecular complexity index is 692. The maximum atomic E-state index is 12.7. The minimum absolute atomic E-state index is 0.102. The van der Waals surface area contributed by atoms with E-state index >= 15 is 0 Å². The molecule has 1 aliphatic rings. The number of carbonyl (C=O) groups excluding carboxylic acids is 1. The molecule has 0 saturated heterocycles. The molecule has 1 fully saturated rings. The molecule has 1 aliphatic carbocycles. The van der Waals surface area contributed by atoms with E-state index in [2.05, 4.69) is 12.1 Å². The topological polar surface area (TPSA) is 51.9 Å². The molecule has 1 amide bonds. The first-order chi connectivity index (χ1) is 13.2. The summed E-state index contributed by atoms with van der Waals surface area (Å²) in [5.74, 6) is 1.80. The zero-order valence-corrected chi connectivity index (χ0v) is 16.1. The van der Waals surface area contributed by atoms with Gasteiger partial charge in [0.1, 0.15) is 11.5 Å². The molecule has 1 aromatic heterocycles. The Morgan fingerprint density at radius 2 is 2.07 bits per heavy atom. The van der Waals surface area contributed by atoms with Gasteiger partial charge in [-0.3, -0.25) is 4.79 Å². The lowest BCUT2D eigenvalue weighted by molar-refractivity contribution is -0.132. The van der Waals surface area contributed by atoms with Crippen LogP contribution in [0.15, 0.2) is 47.1 Å². The van der Waals surface area contributed by atoms with Crippen LogP contribution < -0.4 is 4.74 Å². The third kappa shape index (κ3) is 6.14. The lowest BCUT2D eigenvalue weighted by Gasteiger charge is -2.21. The van der Waals surface area contributed by atoms with Crippen LogP contribution in [-0.2, 0) is 22.5 Å². The van der Waals surface area contributed by atoms with Gasteiger partial charge < -0.3 is 18.8 Å². The van der Waals surface area contributed by atoms with Crippen LogP contribution in [0.3, 0.4) is 0 Å². The Labute approximate surface area is 161 Å². The maximum absolute atomic E-state index is 12.7. The summed E-state index contributed by atoms with van der Waals surface area (Å²) in [7, 11) is 1.64. The Morgan fingerprint density at radius 3 is 2.81 bits per heavy atom. The van der Waals surface area contributed by atoms with Gasteiger partial charge in [-0.25, -0.2) is 0 Å². The summed E-state index contributed by atoms with van der Waals surface area (Å²) in [6, 6.07) is 11.9. The molecule has 27 heavy (non-hydrogen) atoms. The molecule has 1 heterocycles. The third-order valence-electron chi connectivity index (χ3n) is 4.98. The van der Waals surface area contributed by atoms with Gasteiger partial charge in [-0.2, -0.15) is 0 Å². The molecule has 3 rings (SSSR count). The second-order valence-corrected chi connectivity index (χ2v) is 7.06. The Kier molecular flexibility index (Phi) is 7.34. The van der Waals surface area contributed by atoms with Crippen molar-refractivity contribution in [2.75, 3.05) is 20.3 Å². The Hall–Kier alpha value is -2.27. The van der Waals surface area contributed by atoms with Gasteiger partial charge in [0.05, 0.1) is 25.5 Å². The molecule has 0 bridgehead atoms. The standard InChI is InChI=1S/C22H29NO4/c1-25-15-13-23(17-21-10-5-14-26-21)22(24)12-11-18-6-4-9-20(16-18)27-19-7-2-3-8-19/h4-6,9-10,14,16,19H,2-3,7-8,11-13,15,17H2,1H3. The second kappa shape index (κ2) is 10.2. The van der Waals surface area contributed by atoms with Crippen molar-refractivity contribution in [3.05, 3.63) is 54.0 Å². The van der Waals surface area contributed by atoms with Crippen LogP contribution in [0.4, 0.5) is 0 Å². The van der Waals surface area contributed by atoms with Crippen LogP contribution >= 0.6 is 0 Å². The zero-order valence-electron chi connectivity index (χ0n) is 16.1. The Balaban J connectivity index is 1.54. The van der Waals surface area contributed by atoms with Gasteiger partial charge in [-0.15, -0.1) is 0 Å². The van der Waals surface area contributed by atoms with Gasteiger partial charge >= 0.3 is 0 Å². The van der Waals surface area contributed by atoms with Crippen molar-refractivity contribution in [2.45, 2.75) is 51.2 Å². The number of amides is 1. The van der Waals surface area contributed by atoms with E-state index in [-0.39, 0.29) is 5.91 Å². The van der Waals surface area contributed by atoms with Gasteiger partial charge in [-0.05, 0) is 61.9 Å². The number of benzene rings is 1. The minimum Gasteiger partial charge on any atom is -0.490 e. The summed E-state index contributed by atoms with van der Waals surface area (Å²) in [5.41, 5.74) is 1.13. The highest BCUT2D eigenvalue weighted by Crippen LogP contribution is 2.25. The highest BCUT2D eigenvalue weighted by Gasteiger charge is 2.17. The van der Waals surface area contributed by atoms with E-state index in [9.17, 15) is 4.79 Å². The summed E-state index contributed by atoms with van der Waals surface area (Å²) < 4.78 is 16.6. The molecule has 0 unspecified atom stereocenters. The molecule has 146 valence electrons. The Morgan fingerprint density at radius 1 is 1.22 bits per heavy atom. The van der Waals surface area contributed by atoms with Crippen molar-refractivity contribution < 1.29 is 18.7 Å². The monoisotopic (exact) mass is 371 g/mol. The molecule has 5 nitrogen and oxygen atoms in total. The molecule has 0 atom stereocenters. The molecule has 0 N–H and O–H groups in total. The smallest absolute Gasteiger partial charge is 0.223 e. The van der Waals surface area contributed by atoms with E-state index in [1.807, 2.05) is 24.3 Å². The fourth-order valence-electron chi connectivity index (χ4n) is 3.47. The van der Waals surface area contributed by atoms with Crippen LogP contribution in [0.2, 0.25) is 0 Å². The van der Waals surface area contributed by atoms with E-state index in [0.717, 1.165) is 29.9 Å². The lowest BCUT2D eigenvalue weighted by Crippen LogP contribution is -2.33. The summed E-state index contributed by atoms with van der Waals surface area (Å²) >= 11 is 0. The molecule has 2 aromatic rings. The number of ether oxygens (including phenoxy) is 2. The summed E-state index contributed by atoms with van der Waals surface area (Å²) in [6.45, 7) is 1.54. The molecule has 0 spiro atoms. The summed E-state index contributed by atoms with van der Waals surface area (Å²) in [6.07, 6.45) is 7.93. The fraction of sp³-hybridized carbons (Fsp3) is 0.500. The first kappa shape index (κ1) is 19.5. The number of aryl methyl sites for hydroxylation is 1. The molecular formula is C22H29NO4. The van der Waals surface area contributed by atoms with Crippen molar-refractivity contribution in [2.24, 2.45) is 0 Å². The van der Waals surface area contributed by atoms with Crippen LogP contribution in [-0.4, -0.2) is 37.2 Å². The highest BCUT2D eigenvalue weighted by molar-refractivity contribution is 5.76. The maximum Gasteiger partial charge on any atom is 0.223 e.